The number of carbonyl (C=O) groups excluding carboxylic acids is 1. The molecule has 0 bridgehead atoms. The first kappa shape index (κ1) is 14.2. The molecule has 1 saturated heterocycles. The summed E-state index contributed by atoms with van der Waals surface area (Å²) in [7, 11) is 0. The molecule has 4 rings (SSSR count). The van der Waals surface area contributed by atoms with Gasteiger partial charge in [-0.2, -0.15) is 4.37 Å². The second-order valence-corrected chi connectivity index (χ2v) is 6.28. The van der Waals surface area contributed by atoms with E-state index in [0.717, 1.165) is 35.0 Å². The zero-order valence-electron chi connectivity index (χ0n) is 12.7. The van der Waals surface area contributed by atoms with Crippen LogP contribution in [0.3, 0.4) is 0 Å². The minimum absolute atomic E-state index is 0.0469. The summed E-state index contributed by atoms with van der Waals surface area (Å²) >= 11 is 1.41. The van der Waals surface area contributed by atoms with Crippen molar-refractivity contribution in [1.82, 2.24) is 14.3 Å². The van der Waals surface area contributed by atoms with Gasteiger partial charge in [-0.05, 0) is 19.1 Å². The molecule has 0 N–H and O–H groups in total. The maximum atomic E-state index is 12.6. The van der Waals surface area contributed by atoms with Gasteiger partial charge in [0.15, 0.2) is 5.76 Å². The topological polar surface area (TPSA) is 62.5 Å². The fraction of sp³-hybridized carbons (Fsp3) is 0.312. The largest absolute Gasteiger partial charge is 0.451 e. The lowest BCUT2D eigenvalue weighted by atomic mass is 10.2. The van der Waals surface area contributed by atoms with Gasteiger partial charge in [0, 0.05) is 43.1 Å². The number of hydrogen-bond donors (Lipinski definition) is 0. The second-order valence-electron chi connectivity index (χ2n) is 5.55. The smallest absolute Gasteiger partial charge is 0.289 e. The van der Waals surface area contributed by atoms with E-state index in [-0.39, 0.29) is 5.91 Å². The minimum Gasteiger partial charge on any atom is -0.451 e. The van der Waals surface area contributed by atoms with E-state index in [1.165, 1.54) is 11.5 Å². The number of piperazine rings is 1. The average molecular weight is 328 g/mol. The number of anilines is 1. The summed E-state index contributed by atoms with van der Waals surface area (Å²) in [6.45, 7) is 4.74. The van der Waals surface area contributed by atoms with Crippen LogP contribution in [0.25, 0.3) is 11.0 Å². The zero-order chi connectivity index (χ0) is 15.8. The summed E-state index contributed by atoms with van der Waals surface area (Å²) in [5.74, 6) is 1.16. The summed E-state index contributed by atoms with van der Waals surface area (Å²) in [6.07, 6.45) is 0. The van der Waals surface area contributed by atoms with Gasteiger partial charge in [-0.25, -0.2) is 4.98 Å². The molecule has 1 aromatic carbocycles. The first-order chi connectivity index (χ1) is 11.2. The highest BCUT2D eigenvalue weighted by Gasteiger charge is 2.25. The van der Waals surface area contributed by atoms with Crippen LogP contribution in [0.5, 0.6) is 0 Å². The molecule has 0 aliphatic carbocycles. The Bertz CT molecular complexity index is 816. The number of nitrogens with zero attached hydrogens (tertiary/aromatic N) is 4. The van der Waals surface area contributed by atoms with Crippen LogP contribution in [-0.2, 0) is 0 Å². The fourth-order valence-electron chi connectivity index (χ4n) is 2.76. The maximum absolute atomic E-state index is 12.6. The number of amides is 1. The van der Waals surface area contributed by atoms with Gasteiger partial charge < -0.3 is 14.2 Å². The molecule has 0 saturated carbocycles. The van der Waals surface area contributed by atoms with Gasteiger partial charge in [0.25, 0.3) is 5.91 Å². The number of aromatic nitrogens is 2. The highest BCUT2D eigenvalue weighted by atomic mass is 32.1. The number of furan rings is 1. The van der Waals surface area contributed by atoms with Crippen molar-refractivity contribution in [2.75, 3.05) is 31.1 Å². The monoisotopic (exact) mass is 328 g/mol. The predicted octanol–water partition coefficient (Wildman–Crippen LogP) is 2.56. The highest BCUT2D eigenvalue weighted by Crippen LogP contribution is 2.22. The quantitative estimate of drug-likeness (QED) is 0.723. The maximum Gasteiger partial charge on any atom is 0.289 e. The predicted molar refractivity (Wildman–Crippen MR) is 89.0 cm³/mol. The van der Waals surface area contributed by atoms with Crippen LogP contribution in [0.1, 0.15) is 16.4 Å². The molecule has 1 amide bonds. The van der Waals surface area contributed by atoms with Crippen molar-refractivity contribution in [3.63, 3.8) is 0 Å². The molecule has 0 spiro atoms. The lowest BCUT2D eigenvalue weighted by molar-refractivity contribution is 0.0717. The highest BCUT2D eigenvalue weighted by molar-refractivity contribution is 7.09. The number of carbonyl (C=O) groups is 1. The fourth-order valence-corrected chi connectivity index (χ4v) is 3.48. The van der Waals surface area contributed by atoms with Crippen molar-refractivity contribution in [3.8, 4) is 0 Å². The summed E-state index contributed by atoms with van der Waals surface area (Å²) in [4.78, 5) is 21.0. The Hall–Kier alpha value is -2.41. The molecule has 1 fully saturated rings. The van der Waals surface area contributed by atoms with Gasteiger partial charge >= 0.3 is 0 Å². The van der Waals surface area contributed by atoms with Crippen LogP contribution in [0.15, 0.2) is 34.7 Å². The number of hydrogen-bond acceptors (Lipinski definition) is 6. The third kappa shape index (κ3) is 2.68. The van der Waals surface area contributed by atoms with Gasteiger partial charge in [-0.1, -0.05) is 18.2 Å². The molecular formula is C16H16N4O2S. The molecule has 3 heterocycles. The standard InChI is InChI=1S/C16H16N4O2S/c1-11-17-16(23-18-11)20-8-6-19(7-9-20)15(21)14-10-12-4-2-3-5-13(12)22-14/h2-5,10H,6-9H2,1H3. The Morgan fingerprint density at radius 2 is 2.00 bits per heavy atom. The Kier molecular flexibility index (Phi) is 3.49. The molecule has 0 atom stereocenters. The van der Waals surface area contributed by atoms with E-state index in [1.54, 1.807) is 0 Å². The molecule has 3 aromatic rings. The lowest BCUT2D eigenvalue weighted by Gasteiger charge is -2.33. The zero-order valence-corrected chi connectivity index (χ0v) is 13.5. The van der Waals surface area contributed by atoms with Crippen molar-refractivity contribution in [2.45, 2.75) is 6.92 Å². The molecule has 0 unspecified atom stereocenters. The molecule has 7 heteroatoms. The van der Waals surface area contributed by atoms with Gasteiger partial charge in [0.05, 0.1) is 0 Å². The van der Waals surface area contributed by atoms with Crippen LogP contribution < -0.4 is 4.90 Å². The number of aryl methyl sites for hydroxylation is 1. The minimum atomic E-state index is -0.0469. The number of fused-ring (bicyclic) bond motifs is 1. The number of para-hydroxylation sites is 1. The van der Waals surface area contributed by atoms with E-state index in [1.807, 2.05) is 42.2 Å². The van der Waals surface area contributed by atoms with Gasteiger partial charge in [0.1, 0.15) is 11.4 Å². The van der Waals surface area contributed by atoms with Crippen molar-refractivity contribution in [1.29, 1.82) is 0 Å². The van der Waals surface area contributed by atoms with Crippen molar-refractivity contribution >= 4 is 33.5 Å². The molecule has 23 heavy (non-hydrogen) atoms. The van der Waals surface area contributed by atoms with E-state index < -0.39 is 0 Å². The summed E-state index contributed by atoms with van der Waals surface area (Å²) in [5.41, 5.74) is 0.749. The van der Waals surface area contributed by atoms with Crippen LogP contribution in [0.2, 0.25) is 0 Å². The second kappa shape index (κ2) is 5.66. The summed E-state index contributed by atoms with van der Waals surface area (Å²) in [6, 6.07) is 9.49. The van der Waals surface area contributed by atoms with Crippen molar-refractivity contribution < 1.29 is 9.21 Å². The normalized spacial score (nSPS) is 15.3. The average Bonchev–Trinajstić information content (AvgIpc) is 3.20. The van der Waals surface area contributed by atoms with E-state index in [4.69, 9.17) is 4.42 Å². The Morgan fingerprint density at radius 1 is 1.22 bits per heavy atom. The SMILES string of the molecule is Cc1nsc(N2CCN(C(=O)c3cc4ccccc4o3)CC2)n1. The molecule has 0 radical (unpaired) electrons. The molecule has 1 aliphatic heterocycles. The van der Waals surface area contributed by atoms with Gasteiger partial charge in [-0.15, -0.1) is 0 Å². The first-order valence-corrected chi connectivity index (χ1v) is 8.31. The van der Waals surface area contributed by atoms with E-state index in [0.29, 0.717) is 18.8 Å². The Labute approximate surface area is 137 Å². The molecule has 6 nitrogen and oxygen atoms in total. The van der Waals surface area contributed by atoms with Crippen molar-refractivity contribution in [3.05, 3.63) is 41.9 Å². The molecule has 1 aliphatic rings. The van der Waals surface area contributed by atoms with E-state index in [9.17, 15) is 4.79 Å². The Balaban J connectivity index is 1.46. The molecule has 118 valence electrons. The van der Waals surface area contributed by atoms with Crippen LogP contribution in [0, 0.1) is 6.92 Å². The third-order valence-electron chi connectivity index (χ3n) is 3.99. The Morgan fingerprint density at radius 3 is 2.70 bits per heavy atom. The summed E-state index contributed by atoms with van der Waals surface area (Å²) in [5, 5.41) is 1.89. The van der Waals surface area contributed by atoms with E-state index in [2.05, 4.69) is 14.3 Å². The van der Waals surface area contributed by atoms with Gasteiger partial charge in [-0.3, -0.25) is 4.79 Å². The third-order valence-corrected chi connectivity index (χ3v) is 4.86. The first-order valence-electron chi connectivity index (χ1n) is 7.54. The van der Waals surface area contributed by atoms with Gasteiger partial charge in [0.2, 0.25) is 5.13 Å². The van der Waals surface area contributed by atoms with Crippen LogP contribution >= 0.6 is 11.5 Å². The van der Waals surface area contributed by atoms with Crippen molar-refractivity contribution in [2.24, 2.45) is 0 Å². The molecule has 2 aromatic heterocycles. The van der Waals surface area contributed by atoms with Crippen LogP contribution in [0.4, 0.5) is 5.13 Å². The molecular weight excluding hydrogens is 312 g/mol. The lowest BCUT2D eigenvalue weighted by Crippen LogP contribution is -2.48. The van der Waals surface area contributed by atoms with Crippen LogP contribution in [-0.4, -0.2) is 46.3 Å². The summed E-state index contributed by atoms with van der Waals surface area (Å²) < 4.78 is 9.88. The van der Waals surface area contributed by atoms with E-state index >= 15 is 0 Å². The number of rotatable bonds is 2. The number of benzene rings is 1.